The molecule has 0 saturated heterocycles. The molecular formula is C25H30N2O3S. The van der Waals surface area contributed by atoms with Gasteiger partial charge in [0.15, 0.2) is 0 Å². The molecule has 5 nitrogen and oxygen atoms in total. The molecule has 1 aliphatic carbocycles. The number of aryl methyl sites for hydroxylation is 2. The number of carbonyl (C=O) groups excluding carboxylic acids is 1. The number of aromatic nitrogens is 1. The van der Waals surface area contributed by atoms with Crippen molar-refractivity contribution in [1.29, 1.82) is 0 Å². The van der Waals surface area contributed by atoms with Crippen LogP contribution >= 0.6 is 11.3 Å². The third-order valence-electron chi connectivity index (χ3n) is 6.04. The molecule has 1 fully saturated rings. The van der Waals surface area contributed by atoms with Crippen LogP contribution in [0, 0.1) is 13.8 Å². The van der Waals surface area contributed by atoms with E-state index in [1.807, 2.05) is 26.0 Å². The molecule has 0 bridgehead atoms. The summed E-state index contributed by atoms with van der Waals surface area (Å²) in [5, 5.41) is 6.10. The Hall–Kier alpha value is -2.60. The molecule has 31 heavy (non-hydrogen) atoms. The average Bonchev–Trinajstić information content (AvgIpc) is 3.53. The van der Waals surface area contributed by atoms with E-state index >= 15 is 0 Å². The van der Waals surface area contributed by atoms with E-state index in [2.05, 4.69) is 39.7 Å². The van der Waals surface area contributed by atoms with E-state index < -0.39 is 0 Å². The largest absolute Gasteiger partial charge is 0.493 e. The number of rotatable bonds is 9. The first-order valence-electron chi connectivity index (χ1n) is 11.1. The maximum atomic E-state index is 13.3. The summed E-state index contributed by atoms with van der Waals surface area (Å²) in [6.45, 7) is 5.03. The molecule has 1 saturated carbocycles. The van der Waals surface area contributed by atoms with Gasteiger partial charge in [-0.3, -0.25) is 4.79 Å². The molecule has 6 heteroatoms. The van der Waals surface area contributed by atoms with Gasteiger partial charge in [0.25, 0.3) is 0 Å². The lowest BCUT2D eigenvalue weighted by Gasteiger charge is -2.29. The number of hydrogen-bond donors (Lipinski definition) is 0. The van der Waals surface area contributed by atoms with Crippen molar-refractivity contribution in [3.8, 4) is 5.75 Å². The van der Waals surface area contributed by atoms with E-state index in [0.29, 0.717) is 25.6 Å². The van der Waals surface area contributed by atoms with Gasteiger partial charge >= 0.3 is 0 Å². The Labute approximate surface area is 188 Å². The van der Waals surface area contributed by atoms with Crippen molar-refractivity contribution in [3.63, 3.8) is 0 Å². The Bertz CT molecular complexity index is 971. The van der Waals surface area contributed by atoms with Crippen LogP contribution in [0.3, 0.4) is 0 Å². The lowest BCUT2D eigenvalue weighted by atomic mass is 10.1. The second kappa shape index (κ2) is 10.1. The van der Waals surface area contributed by atoms with Gasteiger partial charge in [0, 0.05) is 29.4 Å². The fourth-order valence-corrected chi connectivity index (χ4v) is 4.99. The summed E-state index contributed by atoms with van der Waals surface area (Å²) < 4.78 is 11.2. The number of thiophene rings is 1. The van der Waals surface area contributed by atoms with Crippen molar-refractivity contribution in [2.24, 2.45) is 0 Å². The summed E-state index contributed by atoms with van der Waals surface area (Å²) >= 11 is 1.75. The Morgan fingerprint density at radius 3 is 2.77 bits per heavy atom. The standard InChI is InChI=1S/C25H30N2O3S/c1-18-24(19(2)30-26-18)16-25(28)27(21-8-3-4-9-21)17-20-7-5-10-22(15-20)29-13-12-23-11-6-14-31-23/h5-7,10-11,14-15,21H,3-4,8-9,12-13,16-17H2,1-2H3. The zero-order chi connectivity index (χ0) is 21.6. The van der Waals surface area contributed by atoms with Gasteiger partial charge in [-0.2, -0.15) is 0 Å². The van der Waals surface area contributed by atoms with Crippen molar-refractivity contribution in [3.05, 3.63) is 69.2 Å². The second-order valence-corrected chi connectivity index (χ2v) is 9.30. The number of benzene rings is 1. The first-order valence-corrected chi connectivity index (χ1v) is 11.9. The lowest BCUT2D eigenvalue weighted by Crippen LogP contribution is -2.39. The summed E-state index contributed by atoms with van der Waals surface area (Å²) in [5.74, 6) is 1.74. The summed E-state index contributed by atoms with van der Waals surface area (Å²) in [6.07, 6.45) is 5.77. The highest BCUT2D eigenvalue weighted by Gasteiger charge is 2.28. The molecule has 0 N–H and O–H groups in total. The van der Waals surface area contributed by atoms with Crippen molar-refractivity contribution in [2.75, 3.05) is 6.61 Å². The van der Waals surface area contributed by atoms with E-state index in [9.17, 15) is 4.79 Å². The van der Waals surface area contributed by atoms with Gasteiger partial charge in [0.1, 0.15) is 11.5 Å². The zero-order valence-corrected chi connectivity index (χ0v) is 19.1. The highest BCUT2D eigenvalue weighted by molar-refractivity contribution is 7.09. The van der Waals surface area contributed by atoms with Crippen LogP contribution in [-0.4, -0.2) is 28.6 Å². The average molecular weight is 439 g/mol. The lowest BCUT2D eigenvalue weighted by molar-refractivity contribution is -0.133. The minimum Gasteiger partial charge on any atom is -0.493 e. The molecule has 0 spiro atoms. The van der Waals surface area contributed by atoms with Crippen LogP contribution in [0.5, 0.6) is 5.75 Å². The van der Waals surface area contributed by atoms with Crippen molar-refractivity contribution >= 4 is 17.2 Å². The third-order valence-corrected chi connectivity index (χ3v) is 6.98. The van der Waals surface area contributed by atoms with Crippen LogP contribution in [0.4, 0.5) is 0 Å². The van der Waals surface area contributed by atoms with E-state index in [-0.39, 0.29) is 5.91 Å². The first kappa shape index (κ1) is 21.6. The van der Waals surface area contributed by atoms with Crippen LogP contribution in [0.15, 0.2) is 46.3 Å². The molecule has 1 aromatic carbocycles. The molecule has 0 radical (unpaired) electrons. The Morgan fingerprint density at radius 2 is 2.06 bits per heavy atom. The van der Waals surface area contributed by atoms with E-state index in [0.717, 1.165) is 47.6 Å². The SMILES string of the molecule is Cc1noc(C)c1CC(=O)N(Cc1cccc(OCCc2cccs2)c1)C1CCCC1. The topological polar surface area (TPSA) is 55.6 Å². The predicted molar refractivity (Wildman–Crippen MR) is 122 cm³/mol. The molecule has 1 aliphatic rings. The highest BCUT2D eigenvalue weighted by Crippen LogP contribution is 2.27. The highest BCUT2D eigenvalue weighted by atomic mass is 32.1. The monoisotopic (exact) mass is 438 g/mol. The van der Waals surface area contributed by atoms with E-state index in [1.54, 1.807) is 11.3 Å². The number of ether oxygens (including phenoxy) is 1. The third kappa shape index (κ3) is 5.56. The maximum Gasteiger partial charge on any atom is 0.227 e. The Kier molecular flexibility index (Phi) is 7.07. The number of nitrogens with zero attached hydrogens (tertiary/aromatic N) is 2. The van der Waals surface area contributed by atoms with Crippen LogP contribution < -0.4 is 4.74 Å². The van der Waals surface area contributed by atoms with Crippen LogP contribution in [0.25, 0.3) is 0 Å². The molecule has 3 aromatic rings. The Morgan fingerprint density at radius 1 is 1.23 bits per heavy atom. The fraction of sp³-hybridized carbons (Fsp3) is 0.440. The fourth-order valence-electron chi connectivity index (χ4n) is 4.30. The molecule has 164 valence electrons. The van der Waals surface area contributed by atoms with Crippen LogP contribution in [0.2, 0.25) is 0 Å². The number of carbonyl (C=O) groups is 1. The molecule has 1 amide bonds. The number of hydrogen-bond acceptors (Lipinski definition) is 5. The van der Waals surface area contributed by atoms with Gasteiger partial charge in [-0.05, 0) is 55.8 Å². The summed E-state index contributed by atoms with van der Waals surface area (Å²) in [6, 6.07) is 12.7. The van der Waals surface area contributed by atoms with E-state index in [1.165, 1.54) is 17.7 Å². The minimum absolute atomic E-state index is 0.144. The van der Waals surface area contributed by atoms with Crippen molar-refractivity contribution in [2.45, 2.75) is 65.0 Å². The number of amides is 1. The van der Waals surface area contributed by atoms with Gasteiger partial charge in [-0.1, -0.05) is 36.2 Å². The summed E-state index contributed by atoms with van der Waals surface area (Å²) in [4.78, 5) is 16.7. The van der Waals surface area contributed by atoms with Crippen LogP contribution in [0.1, 0.15) is 53.1 Å². The van der Waals surface area contributed by atoms with Crippen LogP contribution in [-0.2, 0) is 24.2 Å². The maximum absolute atomic E-state index is 13.3. The zero-order valence-electron chi connectivity index (χ0n) is 18.3. The molecule has 0 unspecified atom stereocenters. The van der Waals surface area contributed by atoms with Crippen molar-refractivity contribution < 1.29 is 14.1 Å². The second-order valence-electron chi connectivity index (χ2n) is 8.26. The molecule has 2 heterocycles. The summed E-state index contributed by atoms with van der Waals surface area (Å²) in [7, 11) is 0. The van der Waals surface area contributed by atoms with Crippen molar-refractivity contribution in [1.82, 2.24) is 10.1 Å². The van der Waals surface area contributed by atoms with E-state index in [4.69, 9.17) is 9.26 Å². The molecule has 4 rings (SSSR count). The summed E-state index contributed by atoms with van der Waals surface area (Å²) in [5.41, 5.74) is 2.82. The molecular weight excluding hydrogens is 408 g/mol. The smallest absolute Gasteiger partial charge is 0.227 e. The van der Waals surface area contributed by atoms with Gasteiger partial charge in [-0.15, -0.1) is 11.3 Å². The molecule has 2 aromatic heterocycles. The molecule has 0 aliphatic heterocycles. The van der Waals surface area contributed by atoms with Gasteiger partial charge in [-0.25, -0.2) is 0 Å². The Balaban J connectivity index is 1.43. The van der Waals surface area contributed by atoms with Gasteiger partial charge in [0.05, 0.1) is 18.7 Å². The molecule has 0 atom stereocenters. The normalized spacial score (nSPS) is 14.1. The first-order chi connectivity index (χ1) is 15.1. The van der Waals surface area contributed by atoms with Gasteiger partial charge < -0.3 is 14.2 Å². The van der Waals surface area contributed by atoms with Gasteiger partial charge in [0.2, 0.25) is 5.91 Å². The predicted octanol–water partition coefficient (Wildman–Crippen LogP) is 5.49. The quantitative estimate of drug-likeness (QED) is 0.443. The minimum atomic E-state index is 0.144.